The van der Waals surface area contributed by atoms with E-state index in [0.717, 1.165) is 0 Å². The lowest BCUT2D eigenvalue weighted by Crippen LogP contribution is -2.42. The Bertz CT molecular complexity index is 534. The summed E-state index contributed by atoms with van der Waals surface area (Å²) in [6.07, 6.45) is -2.62. The van der Waals surface area contributed by atoms with Gasteiger partial charge in [0.25, 0.3) is 0 Å². The van der Waals surface area contributed by atoms with E-state index in [2.05, 4.69) is 5.09 Å². The molecule has 2 saturated heterocycles. The summed E-state index contributed by atoms with van der Waals surface area (Å²) in [5.41, 5.74) is 0. The van der Waals surface area contributed by atoms with E-state index in [9.17, 15) is 14.6 Å². The van der Waals surface area contributed by atoms with Crippen molar-refractivity contribution >= 4 is 7.75 Å². The maximum Gasteiger partial charge on any atom is 0.204 e. The number of nitrogens with one attached hydrogen (secondary N) is 1. The van der Waals surface area contributed by atoms with Gasteiger partial charge in [-0.15, -0.1) is 0 Å². The van der Waals surface area contributed by atoms with Crippen molar-refractivity contribution in [3.8, 4) is 0 Å². The van der Waals surface area contributed by atoms with Crippen molar-refractivity contribution in [1.82, 2.24) is 5.09 Å². The van der Waals surface area contributed by atoms with Crippen molar-refractivity contribution in [1.29, 1.82) is 0 Å². The molecule has 10 heteroatoms. The summed E-state index contributed by atoms with van der Waals surface area (Å²) < 4.78 is 40.3. The lowest BCUT2D eigenvalue weighted by Gasteiger charge is -2.31. The number of rotatable bonds is 10. The van der Waals surface area contributed by atoms with Crippen LogP contribution in [0.5, 0.6) is 0 Å². The van der Waals surface area contributed by atoms with E-state index in [-0.39, 0.29) is 31.0 Å². The van der Waals surface area contributed by atoms with Gasteiger partial charge >= 0.3 is 0 Å². The van der Waals surface area contributed by atoms with Gasteiger partial charge < -0.3 is 33.5 Å². The number of ether oxygens (including phenoxy) is 4. The van der Waals surface area contributed by atoms with Crippen LogP contribution in [0.2, 0.25) is 0 Å². The minimum absolute atomic E-state index is 0.0290. The van der Waals surface area contributed by atoms with Crippen LogP contribution in [0.1, 0.15) is 48.0 Å². The molecule has 2 aliphatic heterocycles. The van der Waals surface area contributed by atoms with Gasteiger partial charge in [0.1, 0.15) is 18.3 Å². The average molecular weight is 424 g/mol. The molecule has 0 aromatic rings. The predicted octanol–water partition coefficient (Wildman–Crippen LogP) is 0.974. The minimum atomic E-state index is -4.36. The highest BCUT2D eigenvalue weighted by Crippen LogP contribution is 2.37. The number of aliphatic hydroxyl groups is 1. The van der Waals surface area contributed by atoms with Crippen LogP contribution in [0.15, 0.2) is 0 Å². The van der Waals surface area contributed by atoms with Gasteiger partial charge in [0.15, 0.2) is 0 Å². The summed E-state index contributed by atoms with van der Waals surface area (Å²) in [5, 5.41) is 12.8. The van der Waals surface area contributed by atoms with Crippen LogP contribution in [0.3, 0.4) is 0 Å². The molecule has 0 saturated carbocycles. The minimum Gasteiger partial charge on any atom is -0.766 e. The Hall–Kier alpha value is -0.0900. The molecule has 0 aromatic heterocycles. The maximum absolute atomic E-state index is 12.5. The first-order valence-corrected chi connectivity index (χ1v) is 11.5. The van der Waals surface area contributed by atoms with Crippen LogP contribution >= 0.6 is 7.75 Å². The zero-order valence-electron chi connectivity index (χ0n) is 17.6. The van der Waals surface area contributed by atoms with Gasteiger partial charge in [-0.05, 0) is 48.0 Å². The van der Waals surface area contributed by atoms with Gasteiger partial charge in [-0.3, -0.25) is 9.65 Å². The van der Waals surface area contributed by atoms with Crippen molar-refractivity contribution in [2.75, 3.05) is 13.2 Å². The second kappa shape index (κ2) is 10.3. The second-order valence-electron chi connectivity index (χ2n) is 8.15. The molecule has 2 fully saturated rings. The normalized spacial score (nSPS) is 38.4. The van der Waals surface area contributed by atoms with Crippen LogP contribution in [0.25, 0.3) is 0 Å². The van der Waals surface area contributed by atoms with Crippen LogP contribution in [0.4, 0.5) is 0 Å². The first kappa shape index (κ1) is 24.2. The van der Waals surface area contributed by atoms with E-state index in [4.69, 9.17) is 23.5 Å². The first-order chi connectivity index (χ1) is 13.0. The van der Waals surface area contributed by atoms with Crippen LogP contribution in [-0.2, 0) is 28.0 Å². The van der Waals surface area contributed by atoms with Crippen LogP contribution in [0, 0.1) is 0 Å². The third-order valence-corrected chi connectivity index (χ3v) is 5.91. The molecule has 0 radical (unpaired) electrons. The third-order valence-electron chi connectivity index (χ3n) is 4.77. The number of hydrogen-bond donors (Lipinski definition) is 2. The monoisotopic (exact) mass is 424 g/mol. The summed E-state index contributed by atoms with van der Waals surface area (Å²) in [6, 6.07) is -0.422. The van der Waals surface area contributed by atoms with Gasteiger partial charge in [-0.25, -0.2) is 0 Å². The maximum atomic E-state index is 12.5. The summed E-state index contributed by atoms with van der Waals surface area (Å²) in [6.45, 7) is 11.2. The van der Waals surface area contributed by atoms with E-state index in [1.54, 1.807) is 6.92 Å². The summed E-state index contributed by atoms with van der Waals surface area (Å²) in [5.74, 6) is 0. The largest absolute Gasteiger partial charge is 0.766 e. The van der Waals surface area contributed by atoms with Gasteiger partial charge in [0.2, 0.25) is 7.75 Å². The van der Waals surface area contributed by atoms with Crippen molar-refractivity contribution < 1.29 is 38.0 Å². The molecule has 2 aliphatic rings. The molecule has 28 heavy (non-hydrogen) atoms. The highest BCUT2D eigenvalue weighted by atomic mass is 31.2. The highest BCUT2D eigenvalue weighted by Gasteiger charge is 2.43. The van der Waals surface area contributed by atoms with Gasteiger partial charge in [0, 0.05) is 6.04 Å². The Balaban J connectivity index is 1.90. The summed E-state index contributed by atoms with van der Waals surface area (Å²) in [4.78, 5) is 12.5. The Labute approximate surface area is 167 Å². The number of hydrogen-bond acceptors (Lipinski definition) is 8. The average Bonchev–Trinajstić information content (AvgIpc) is 3.04. The Morgan fingerprint density at radius 2 is 1.82 bits per heavy atom. The Morgan fingerprint density at radius 1 is 1.14 bits per heavy atom. The third kappa shape index (κ3) is 7.00. The van der Waals surface area contributed by atoms with E-state index in [1.165, 1.54) is 0 Å². The predicted molar refractivity (Wildman–Crippen MR) is 101 cm³/mol. The summed E-state index contributed by atoms with van der Waals surface area (Å²) >= 11 is 0. The molecule has 2 unspecified atom stereocenters. The van der Waals surface area contributed by atoms with Crippen LogP contribution < -0.4 is 9.98 Å². The molecule has 2 N–H and O–H groups in total. The fourth-order valence-corrected chi connectivity index (χ4v) is 4.58. The molecule has 9 nitrogen and oxygen atoms in total. The Morgan fingerprint density at radius 3 is 2.43 bits per heavy atom. The lowest BCUT2D eigenvalue weighted by molar-refractivity contribution is -0.207. The molecule has 2 rings (SSSR count). The number of aliphatic hydroxyl groups excluding tert-OH is 1. The zero-order chi connectivity index (χ0) is 21.1. The van der Waals surface area contributed by atoms with Crippen molar-refractivity contribution in [2.45, 2.75) is 103 Å². The molecule has 8 atom stereocenters. The van der Waals surface area contributed by atoms with E-state index >= 15 is 0 Å². The quantitative estimate of drug-likeness (QED) is 0.495. The molecular formula is C18H35NO8P-. The fourth-order valence-electron chi connectivity index (χ4n) is 3.49. The SMILES string of the molecule is CC(C)OC[C@H]1O[C@@H](C)C[C@H]1NP(=O)([O-])OC[C@H]1O[C@@H](C)C(O)[C@H]1OC(C)C. The summed E-state index contributed by atoms with van der Waals surface area (Å²) in [7, 11) is -4.36. The molecule has 166 valence electrons. The van der Waals surface area contributed by atoms with E-state index in [0.29, 0.717) is 13.0 Å². The zero-order valence-corrected chi connectivity index (χ0v) is 18.5. The van der Waals surface area contributed by atoms with E-state index < -0.39 is 38.2 Å². The van der Waals surface area contributed by atoms with Crippen LogP contribution in [-0.4, -0.2) is 73.2 Å². The first-order valence-electron chi connectivity index (χ1n) is 9.98. The standard InChI is InChI=1S/C18H36NO8P/c1-10(2)23-8-15-14(7-12(5)26-15)19-28(21,22)24-9-16-18(25-11(3)4)17(20)13(6)27-16/h10-18,20H,7-9H2,1-6H3,(H2,19,21,22)/p-1/t12-,13-,14+,15+,16+,17?,18-/m0/s1. The van der Waals surface area contributed by atoms with Gasteiger partial charge in [-0.1, -0.05) is 0 Å². The van der Waals surface area contributed by atoms with E-state index in [1.807, 2.05) is 34.6 Å². The van der Waals surface area contributed by atoms with Crippen molar-refractivity contribution in [2.24, 2.45) is 0 Å². The molecule has 2 heterocycles. The fraction of sp³-hybridized carbons (Fsp3) is 1.00. The molecular weight excluding hydrogens is 389 g/mol. The molecule has 0 aliphatic carbocycles. The second-order valence-corrected chi connectivity index (χ2v) is 9.66. The molecule has 0 aromatic carbocycles. The Kier molecular flexibility index (Phi) is 8.88. The topological polar surface area (TPSA) is 119 Å². The molecule has 0 bridgehead atoms. The smallest absolute Gasteiger partial charge is 0.204 e. The van der Waals surface area contributed by atoms with Gasteiger partial charge in [-0.2, -0.15) is 0 Å². The molecule has 0 spiro atoms. The van der Waals surface area contributed by atoms with Crippen molar-refractivity contribution in [3.05, 3.63) is 0 Å². The lowest BCUT2D eigenvalue weighted by atomic mass is 10.1. The van der Waals surface area contributed by atoms with Gasteiger partial charge in [0.05, 0.1) is 43.7 Å². The molecule has 0 amide bonds. The van der Waals surface area contributed by atoms with Crippen molar-refractivity contribution in [3.63, 3.8) is 0 Å². The highest BCUT2D eigenvalue weighted by molar-refractivity contribution is 7.49.